The molecule has 1 aromatic carbocycles. The van der Waals surface area contributed by atoms with Crippen LogP contribution in [0.2, 0.25) is 0 Å². The fourth-order valence-corrected chi connectivity index (χ4v) is 1.95. The lowest BCUT2D eigenvalue weighted by molar-refractivity contribution is -0.138. The van der Waals surface area contributed by atoms with Crippen molar-refractivity contribution in [1.82, 2.24) is 5.32 Å². The first-order chi connectivity index (χ1) is 8.16. The van der Waals surface area contributed by atoms with E-state index in [1.54, 1.807) is 12.1 Å². The predicted octanol–water partition coefficient (Wildman–Crippen LogP) is 1.70. The molecule has 17 heavy (non-hydrogen) atoms. The number of phenols is 1. The summed E-state index contributed by atoms with van der Waals surface area (Å²) < 4.78 is 0. The summed E-state index contributed by atoms with van der Waals surface area (Å²) in [5.74, 6) is -1.22. The molecule has 92 valence electrons. The number of hydrogen-bond acceptors (Lipinski definition) is 3. The van der Waals surface area contributed by atoms with Gasteiger partial charge in [0, 0.05) is 12.6 Å². The van der Waals surface area contributed by atoms with Crippen molar-refractivity contribution in [1.29, 1.82) is 0 Å². The summed E-state index contributed by atoms with van der Waals surface area (Å²) in [5, 5.41) is 21.6. The molecule has 0 amide bonds. The summed E-state index contributed by atoms with van der Waals surface area (Å²) in [6.07, 6.45) is 3.51. The smallest absolute Gasteiger partial charge is 0.312 e. The van der Waals surface area contributed by atoms with E-state index >= 15 is 0 Å². The van der Waals surface area contributed by atoms with Gasteiger partial charge in [-0.15, -0.1) is 0 Å². The van der Waals surface area contributed by atoms with Gasteiger partial charge in [0.25, 0.3) is 0 Å². The number of hydrogen-bond donors (Lipinski definition) is 3. The molecule has 0 aromatic heterocycles. The first-order valence-electron chi connectivity index (χ1n) is 5.92. The lowest BCUT2D eigenvalue weighted by atomic mass is 9.91. The van der Waals surface area contributed by atoms with Gasteiger partial charge in [0.15, 0.2) is 0 Å². The Kier molecular flexibility index (Phi) is 3.64. The minimum atomic E-state index is -0.831. The van der Waals surface area contributed by atoms with Crippen LogP contribution in [-0.4, -0.2) is 28.8 Å². The highest BCUT2D eigenvalue weighted by atomic mass is 16.4. The maximum atomic E-state index is 11.2. The summed E-state index contributed by atoms with van der Waals surface area (Å²) >= 11 is 0. The van der Waals surface area contributed by atoms with Crippen molar-refractivity contribution in [2.24, 2.45) is 0 Å². The third-order valence-corrected chi connectivity index (χ3v) is 3.31. The zero-order valence-electron chi connectivity index (χ0n) is 9.60. The van der Waals surface area contributed by atoms with Gasteiger partial charge in [-0.3, -0.25) is 4.79 Å². The number of carboxylic acid groups (broad SMARTS) is 1. The third-order valence-electron chi connectivity index (χ3n) is 3.31. The van der Waals surface area contributed by atoms with E-state index in [0.29, 0.717) is 12.6 Å². The summed E-state index contributed by atoms with van der Waals surface area (Å²) in [4.78, 5) is 11.2. The molecule has 0 bridgehead atoms. The minimum Gasteiger partial charge on any atom is -0.508 e. The second kappa shape index (κ2) is 5.19. The van der Waals surface area contributed by atoms with E-state index in [1.165, 1.54) is 18.6 Å². The summed E-state index contributed by atoms with van der Waals surface area (Å²) in [7, 11) is 0. The van der Waals surface area contributed by atoms with Crippen molar-refractivity contribution in [3.63, 3.8) is 0 Å². The molecule has 0 spiro atoms. The van der Waals surface area contributed by atoms with Gasteiger partial charge in [0.1, 0.15) is 5.75 Å². The van der Waals surface area contributed by atoms with Gasteiger partial charge in [-0.05, 0) is 30.5 Å². The molecular formula is C13H17NO3. The molecule has 4 nitrogen and oxygen atoms in total. The normalized spacial score (nSPS) is 17.4. The second-order valence-electron chi connectivity index (χ2n) is 4.52. The fourth-order valence-electron chi connectivity index (χ4n) is 1.95. The topological polar surface area (TPSA) is 69.6 Å². The van der Waals surface area contributed by atoms with Crippen LogP contribution in [0.4, 0.5) is 0 Å². The predicted molar refractivity (Wildman–Crippen MR) is 64.1 cm³/mol. The van der Waals surface area contributed by atoms with Crippen molar-refractivity contribution in [3.05, 3.63) is 29.8 Å². The first kappa shape index (κ1) is 11.9. The van der Waals surface area contributed by atoms with Crippen LogP contribution >= 0.6 is 0 Å². The lowest BCUT2D eigenvalue weighted by Crippen LogP contribution is -2.39. The van der Waals surface area contributed by atoms with Crippen molar-refractivity contribution in [2.75, 3.05) is 6.54 Å². The van der Waals surface area contributed by atoms with Crippen molar-refractivity contribution >= 4 is 5.97 Å². The Hall–Kier alpha value is -1.55. The number of benzene rings is 1. The molecule has 2 rings (SSSR count). The Labute approximate surface area is 100 Å². The number of phenolic OH excluding ortho intramolecular Hbond substituents is 1. The van der Waals surface area contributed by atoms with Crippen molar-refractivity contribution < 1.29 is 15.0 Å². The molecule has 1 aromatic rings. The standard InChI is InChI=1S/C13H17NO3/c15-11-6-4-9(5-7-11)12(13(16)17)8-14-10-2-1-3-10/h4-7,10,12,14-15H,1-3,8H2,(H,16,17). The van der Waals surface area contributed by atoms with Crippen LogP contribution < -0.4 is 5.32 Å². The highest BCUT2D eigenvalue weighted by Crippen LogP contribution is 2.22. The zero-order valence-corrected chi connectivity index (χ0v) is 9.60. The maximum Gasteiger partial charge on any atom is 0.312 e. The van der Waals surface area contributed by atoms with Gasteiger partial charge < -0.3 is 15.5 Å². The molecule has 1 atom stereocenters. The van der Waals surface area contributed by atoms with Crippen LogP contribution in [0.1, 0.15) is 30.7 Å². The minimum absolute atomic E-state index is 0.157. The maximum absolute atomic E-state index is 11.2. The molecule has 1 unspecified atom stereocenters. The van der Waals surface area contributed by atoms with Gasteiger partial charge >= 0.3 is 5.97 Å². The van der Waals surface area contributed by atoms with Gasteiger partial charge in [-0.25, -0.2) is 0 Å². The van der Waals surface area contributed by atoms with Crippen LogP contribution in [0.5, 0.6) is 5.75 Å². The number of aromatic hydroxyl groups is 1. The molecule has 0 aliphatic heterocycles. The summed E-state index contributed by atoms with van der Waals surface area (Å²) in [5.41, 5.74) is 0.724. The molecule has 0 heterocycles. The Morgan fingerprint density at radius 1 is 1.35 bits per heavy atom. The van der Waals surface area contributed by atoms with E-state index in [4.69, 9.17) is 0 Å². The van der Waals surface area contributed by atoms with E-state index < -0.39 is 11.9 Å². The second-order valence-corrected chi connectivity index (χ2v) is 4.52. The molecule has 4 heteroatoms. The summed E-state index contributed by atoms with van der Waals surface area (Å²) in [6, 6.07) is 6.85. The average Bonchev–Trinajstić information content (AvgIpc) is 2.23. The van der Waals surface area contributed by atoms with Crippen LogP contribution in [-0.2, 0) is 4.79 Å². The highest BCUT2D eigenvalue weighted by molar-refractivity contribution is 5.76. The van der Waals surface area contributed by atoms with Crippen molar-refractivity contribution in [3.8, 4) is 5.75 Å². The molecule has 1 fully saturated rings. The zero-order chi connectivity index (χ0) is 12.3. The highest BCUT2D eigenvalue weighted by Gasteiger charge is 2.23. The average molecular weight is 235 g/mol. The number of aliphatic carboxylic acids is 1. The number of rotatable bonds is 5. The van der Waals surface area contributed by atoms with Crippen LogP contribution in [0.25, 0.3) is 0 Å². The Balaban J connectivity index is 2.00. The van der Waals surface area contributed by atoms with E-state index in [9.17, 15) is 15.0 Å². The molecule has 1 aliphatic carbocycles. The molecule has 0 saturated heterocycles. The fraction of sp³-hybridized carbons (Fsp3) is 0.462. The number of carboxylic acids is 1. The molecular weight excluding hydrogens is 218 g/mol. The number of nitrogens with one attached hydrogen (secondary N) is 1. The van der Waals surface area contributed by atoms with E-state index in [0.717, 1.165) is 18.4 Å². The monoisotopic (exact) mass is 235 g/mol. The molecule has 1 aliphatic rings. The summed E-state index contributed by atoms with van der Waals surface area (Å²) in [6.45, 7) is 0.449. The van der Waals surface area contributed by atoms with E-state index in [2.05, 4.69) is 5.32 Å². The van der Waals surface area contributed by atoms with Crippen LogP contribution in [0, 0.1) is 0 Å². The number of carbonyl (C=O) groups is 1. The SMILES string of the molecule is O=C(O)C(CNC1CCC1)c1ccc(O)cc1. The van der Waals surface area contributed by atoms with Gasteiger partial charge in [0.2, 0.25) is 0 Å². The quantitative estimate of drug-likeness (QED) is 0.726. The molecule has 0 radical (unpaired) electrons. The van der Waals surface area contributed by atoms with Gasteiger partial charge in [-0.1, -0.05) is 18.6 Å². The molecule has 1 saturated carbocycles. The third kappa shape index (κ3) is 2.97. The van der Waals surface area contributed by atoms with Gasteiger partial charge in [-0.2, -0.15) is 0 Å². The Morgan fingerprint density at radius 2 is 2.00 bits per heavy atom. The Morgan fingerprint density at radius 3 is 2.47 bits per heavy atom. The van der Waals surface area contributed by atoms with E-state index in [1.807, 2.05) is 0 Å². The lowest BCUT2D eigenvalue weighted by Gasteiger charge is -2.28. The van der Waals surface area contributed by atoms with Crippen LogP contribution in [0.3, 0.4) is 0 Å². The Bertz CT molecular complexity index is 384. The molecule has 3 N–H and O–H groups in total. The van der Waals surface area contributed by atoms with Crippen molar-refractivity contribution in [2.45, 2.75) is 31.2 Å². The van der Waals surface area contributed by atoms with Crippen LogP contribution in [0.15, 0.2) is 24.3 Å². The van der Waals surface area contributed by atoms with E-state index in [-0.39, 0.29) is 5.75 Å². The van der Waals surface area contributed by atoms with Gasteiger partial charge in [0.05, 0.1) is 5.92 Å². The first-order valence-corrected chi connectivity index (χ1v) is 5.92. The largest absolute Gasteiger partial charge is 0.508 e.